The normalized spacial score (nSPS) is 21.1. The van der Waals surface area contributed by atoms with Crippen LogP contribution in [0.4, 0.5) is 4.79 Å². The van der Waals surface area contributed by atoms with Crippen LogP contribution in [0.2, 0.25) is 18.1 Å². The Morgan fingerprint density at radius 1 is 1.25 bits per heavy atom. The Hall–Kier alpha value is -1.42. The van der Waals surface area contributed by atoms with Gasteiger partial charge in [-0.2, -0.15) is 8.42 Å². The second kappa shape index (κ2) is 8.14. The van der Waals surface area contributed by atoms with Crippen molar-refractivity contribution in [3.63, 3.8) is 0 Å². The quantitative estimate of drug-likeness (QED) is 0.545. The number of nitrogens with zero attached hydrogens (tertiary/aromatic N) is 1. The fourth-order valence-corrected chi connectivity index (χ4v) is 5.19. The maximum Gasteiger partial charge on any atom is 0.407 e. The lowest BCUT2D eigenvalue weighted by atomic mass is 10.2. The second-order valence-electron chi connectivity index (χ2n) is 8.88. The van der Waals surface area contributed by atoms with Crippen molar-refractivity contribution in [2.75, 3.05) is 13.2 Å². The first-order valence-corrected chi connectivity index (χ1v) is 13.7. The third-order valence-electron chi connectivity index (χ3n) is 5.61. The fourth-order valence-electron chi connectivity index (χ4n) is 2.89. The molecule has 158 valence electrons. The summed E-state index contributed by atoms with van der Waals surface area (Å²) in [5, 5.41) is 9.52. The Bertz CT molecular complexity index is 801. The number of rotatable bonds is 6. The van der Waals surface area contributed by atoms with Gasteiger partial charge in [0.2, 0.25) is 0 Å². The highest BCUT2D eigenvalue weighted by Crippen LogP contribution is 2.39. The smallest absolute Gasteiger partial charge is 0.407 e. The van der Waals surface area contributed by atoms with Crippen LogP contribution in [0, 0.1) is 6.92 Å². The first-order valence-electron chi connectivity index (χ1n) is 9.36. The van der Waals surface area contributed by atoms with E-state index < -0.39 is 30.6 Å². The van der Waals surface area contributed by atoms with Gasteiger partial charge in [0.05, 0.1) is 23.6 Å². The summed E-state index contributed by atoms with van der Waals surface area (Å²) in [5.41, 5.74) is 0.942. The molecule has 1 aliphatic rings. The van der Waals surface area contributed by atoms with Crippen molar-refractivity contribution in [3.8, 4) is 0 Å². The largest absolute Gasteiger partial charge is 0.465 e. The third-order valence-corrected chi connectivity index (χ3v) is 11.4. The van der Waals surface area contributed by atoms with E-state index in [0.717, 1.165) is 5.56 Å². The molecule has 1 aromatic rings. The molecule has 0 aromatic heterocycles. The fraction of sp³-hybridized carbons (Fsp3) is 0.632. The van der Waals surface area contributed by atoms with E-state index in [1.165, 1.54) is 17.0 Å². The third kappa shape index (κ3) is 5.34. The summed E-state index contributed by atoms with van der Waals surface area (Å²) in [4.78, 5) is 12.9. The summed E-state index contributed by atoms with van der Waals surface area (Å²) in [6.45, 7) is 12.5. The predicted molar refractivity (Wildman–Crippen MR) is 110 cm³/mol. The Morgan fingerprint density at radius 3 is 2.32 bits per heavy atom. The number of hydrogen-bond donors (Lipinski definition) is 1. The molecule has 0 aliphatic carbocycles. The number of hydrogen-bond acceptors (Lipinski definition) is 5. The highest BCUT2D eigenvalue weighted by atomic mass is 32.2. The molecule has 9 heteroatoms. The number of carboxylic acid groups (broad SMARTS) is 1. The highest BCUT2D eigenvalue weighted by Gasteiger charge is 2.44. The number of benzene rings is 1. The van der Waals surface area contributed by atoms with Crippen molar-refractivity contribution in [1.29, 1.82) is 0 Å². The maximum absolute atomic E-state index is 12.4. The molecule has 1 amide bonds. The summed E-state index contributed by atoms with van der Waals surface area (Å²) >= 11 is 0. The summed E-state index contributed by atoms with van der Waals surface area (Å²) < 4.78 is 36.3. The summed E-state index contributed by atoms with van der Waals surface area (Å²) in [5.74, 6) is 0. The van der Waals surface area contributed by atoms with Crippen LogP contribution in [0.1, 0.15) is 32.8 Å². The number of likely N-dealkylation sites (tertiary alicyclic amines) is 1. The molecule has 0 radical (unpaired) electrons. The minimum Gasteiger partial charge on any atom is -0.465 e. The van der Waals surface area contributed by atoms with Crippen molar-refractivity contribution >= 4 is 24.5 Å². The van der Waals surface area contributed by atoms with E-state index in [1.807, 2.05) is 6.92 Å². The predicted octanol–water partition coefficient (Wildman–Crippen LogP) is 3.84. The minimum absolute atomic E-state index is 0.00438. The molecule has 1 fully saturated rings. The Labute approximate surface area is 168 Å². The number of aryl methyl sites for hydroxylation is 1. The van der Waals surface area contributed by atoms with Gasteiger partial charge in [-0.05, 0) is 43.6 Å². The van der Waals surface area contributed by atoms with Gasteiger partial charge in [-0.1, -0.05) is 38.5 Å². The lowest BCUT2D eigenvalue weighted by Crippen LogP contribution is -2.44. The van der Waals surface area contributed by atoms with E-state index in [2.05, 4.69) is 33.9 Å². The van der Waals surface area contributed by atoms with Gasteiger partial charge in [-0.3, -0.25) is 4.18 Å². The van der Waals surface area contributed by atoms with Crippen LogP contribution >= 0.6 is 0 Å². The zero-order valence-corrected chi connectivity index (χ0v) is 19.2. The molecule has 0 bridgehead atoms. The molecular formula is C19H31NO6SSi. The summed E-state index contributed by atoms with van der Waals surface area (Å²) in [6, 6.07) is 5.79. The standard InChI is InChI=1S/C19H31NO6SSi/c1-14-7-9-17(10-8-14)27(23,24)25-13-15-11-16(12-20(15)18(21)22)26-28(5,6)19(2,3)4/h7-10,15-16H,11-13H2,1-6H3,(H,21,22)/t15-,16+/m0/s1. The van der Waals surface area contributed by atoms with Gasteiger partial charge in [0.15, 0.2) is 8.32 Å². The monoisotopic (exact) mass is 429 g/mol. The first kappa shape index (κ1) is 22.9. The van der Waals surface area contributed by atoms with Gasteiger partial charge in [-0.15, -0.1) is 0 Å². The summed E-state index contributed by atoms with van der Waals surface area (Å²) in [6.07, 6.45) is -0.933. The molecular weight excluding hydrogens is 398 g/mol. The first-order chi connectivity index (χ1) is 12.7. The molecule has 1 saturated heterocycles. The SMILES string of the molecule is Cc1ccc(S(=O)(=O)OC[C@@H]2C[C@@H](O[Si](C)(C)C(C)(C)C)CN2C(=O)O)cc1. The Kier molecular flexibility index (Phi) is 6.64. The van der Waals surface area contributed by atoms with E-state index >= 15 is 0 Å². The van der Waals surface area contributed by atoms with Crippen molar-refractivity contribution in [2.45, 2.75) is 69.3 Å². The molecule has 1 heterocycles. The molecule has 0 unspecified atom stereocenters. The minimum atomic E-state index is -3.94. The van der Waals surface area contributed by atoms with Gasteiger partial charge < -0.3 is 14.4 Å². The highest BCUT2D eigenvalue weighted by molar-refractivity contribution is 7.86. The van der Waals surface area contributed by atoms with Gasteiger partial charge in [-0.25, -0.2) is 4.79 Å². The van der Waals surface area contributed by atoms with E-state index in [0.29, 0.717) is 6.42 Å². The van der Waals surface area contributed by atoms with Crippen LogP contribution in [-0.2, 0) is 18.7 Å². The van der Waals surface area contributed by atoms with Crippen LogP contribution in [-0.4, -0.2) is 58.1 Å². The Balaban J connectivity index is 2.07. The average Bonchev–Trinajstić information content (AvgIpc) is 2.95. The average molecular weight is 430 g/mol. The van der Waals surface area contributed by atoms with E-state index in [-0.39, 0.29) is 29.2 Å². The van der Waals surface area contributed by atoms with Crippen LogP contribution in [0.25, 0.3) is 0 Å². The van der Waals surface area contributed by atoms with Crippen LogP contribution in [0.15, 0.2) is 29.2 Å². The molecule has 1 aromatic carbocycles. The molecule has 28 heavy (non-hydrogen) atoms. The van der Waals surface area contributed by atoms with Gasteiger partial charge in [0.25, 0.3) is 10.1 Å². The van der Waals surface area contributed by atoms with Crippen molar-refractivity contribution < 1.29 is 26.9 Å². The van der Waals surface area contributed by atoms with Crippen LogP contribution in [0.3, 0.4) is 0 Å². The molecule has 0 spiro atoms. The molecule has 0 saturated carbocycles. The second-order valence-corrected chi connectivity index (χ2v) is 15.2. The van der Waals surface area contributed by atoms with Gasteiger partial charge in [0.1, 0.15) is 0 Å². The van der Waals surface area contributed by atoms with Gasteiger partial charge in [0, 0.05) is 6.54 Å². The summed E-state index contributed by atoms with van der Waals surface area (Å²) in [7, 11) is -6.00. The topological polar surface area (TPSA) is 93.1 Å². The molecule has 1 aliphatic heterocycles. The number of carbonyl (C=O) groups is 1. The molecule has 2 atom stereocenters. The zero-order chi connectivity index (χ0) is 21.3. The van der Waals surface area contributed by atoms with Crippen LogP contribution < -0.4 is 0 Å². The van der Waals surface area contributed by atoms with E-state index in [1.54, 1.807) is 12.1 Å². The van der Waals surface area contributed by atoms with Crippen molar-refractivity contribution in [3.05, 3.63) is 29.8 Å². The maximum atomic E-state index is 12.4. The number of amides is 1. The van der Waals surface area contributed by atoms with Crippen molar-refractivity contribution in [2.24, 2.45) is 0 Å². The zero-order valence-electron chi connectivity index (χ0n) is 17.4. The van der Waals surface area contributed by atoms with Gasteiger partial charge >= 0.3 is 6.09 Å². The van der Waals surface area contributed by atoms with E-state index in [9.17, 15) is 18.3 Å². The van der Waals surface area contributed by atoms with Crippen LogP contribution in [0.5, 0.6) is 0 Å². The van der Waals surface area contributed by atoms with E-state index in [4.69, 9.17) is 8.61 Å². The van der Waals surface area contributed by atoms with Crippen molar-refractivity contribution in [1.82, 2.24) is 4.90 Å². The Morgan fingerprint density at radius 2 is 1.82 bits per heavy atom. The molecule has 7 nitrogen and oxygen atoms in total. The molecule has 1 N–H and O–H groups in total. The lowest BCUT2D eigenvalue weighted by molar-refractivity contribution is 0.121. The molecule has 2 rings (SSSR count). The lowest BCUT2D eigenvalue weighted by Gasteiger charge is -2.38.